The average molecular weight is 1020 g/mol. The van der Waals surface area contributed by atoms with Crippen LogP contribution in [0.3, 0.4) is 0 Å². The zero-order valence-corrected chi connectivity index (χ0v) is 44.8. The van der Waals surface area contributed by atoms with E-state index >= 15 is 0 Å². The molecule has 384 valence electrons. The van der Waals surface area contributed by atoms with E-state index in [2.05, 4.69) is 60.6 Å². The molecule has 0 rings (SSSR count). The maximum Gasteiger partial charge on any atom is 0.333 e. The fraction of sp³-hybridized carbons (Fsp3) is 0.727. The lowest BCUT2D eigenvalue weighted by Gasteiger charge is -2.34. The third-order valence-electron chi connectivity index (χ3n) is 9.44. The van der Waals surface area contributed by atoms with Gasteiger partial charge in [0.2, 0.25) is 23.6 Å². The van der Waals surface area contributed by atoms with Crippen LogP contribution in [0.25, 0.3) is 0 Å². The summed E-state index contributed by atoms with van der Waals surface area (Å²) in [5.74, 6) is -2.89. The zero-order valence-electron chi connectivity index (χ0n) is 41.2. The van der Waals surface area contributed by atoms with Crippen molar-refractivity contribution in [2.24, 2.45) is 11.8 Å². The van der Waals surface area contributed by atoms with Crippen LogP contribution in [0.2, 0.25) is 38.3 Å². The van der Waals surface area contributed by atoms with Gasteiger partial charge in [-0.1, -0.05) is 27.0 Å². The highest BCUT2D eigenvalue weighted by Gasteiger charge is 2.33. The molecule has 0 aromatic carbocycles. The third-order valence-corrected chi connectivity index (χ3v) is 19.5. The number of ether oxygens (including phenoxy) is 4. The van der Waals surface area contributed by atoms with Gasteiger partial charge in [0.25, 0.3) is 0 Å². The molecule has 0 aliphatic carbocycles. The second kappa shape index (κ2) is 33.7. The summed E-state index contributed by atoms with van der Waals surface area (Å²) in [5.41, 5.74) is 0.376. The molecule has 67 heavy (non-hydrogen) atoms. The van der Waals surface area contributed by atoms with Crippen molar-refractivity contribution in [2.45, 2.75) is 130 Å². The molecule has 0 aliphatic rings. The van der Waals surface area contributed by atoms with Gasteiger partial charge in [0, 0.05) is 49.6 Å². The van der Waals surface area contributed by atoms with Crippen molar-refractivity contribution in [1.29, 1.82) is 0 Å². The lowest BCUT2D eigenvalue weighted by atomic mass is 10.2. The van der Waals surface area contributed by atoms with Crippen molar-refractivity contribution in [1.82, 2.24) is 21.3 Å². The number of amides is 4. The predicted molar refractivity (Wildman–Crippen MR) is 264 cm³/mol. The summed E-state index contributed by atoms with van der Waals surface area (Å²) in [6.07, 6.45) is -0.288. The van der Waals surface area contributed by atoms with Crippen molar-refractivity contribution in [2.75, 3.05) is 62.5 Å². The summed E-state index contributed by atoms with van der Waals surface area (Å²) in [4.78, 5) is 97.6. The van der Waals surface area contributed by atoms with E-state index in [4.69, 9.17) is 23.1 Å². The Morgan fingerprint density at radius 3 is 1.21 bits per heavy atom. The number of esters is 4. The maximum atomic E-state index is 13.1. The lowest BCUT2D eigenvalue weighted by Crippen LogP contribution is -2.48. The molecule has 6 unspecified atom stereocenters. The van der Waals surface area contributed by atoms with E-state index in [-0.39, 0.29) is 61.2 Å². The summed E-state index contributed by atoms with van der Waals surface area (Å²) in [6, 6.07) is 0.0822. The smallest absolute Gasteiger partial charge is 0.333 e. The highest BCUT2D eigenvalue weighted by Crippen LogP contribution is 2.24. The molecule has 0 fully saturated rings. The van der Waals surface area contributed by atoms with Crippen LogP contribution in [0.5, 0.6) is 0 Å². The van der Waals surface area contributed by atoms with Gasteiger partial charge < -0.3 is 54.5 Å². The number of hydrogen-bond acceptors (Lipinski definition) is 17. The van der Waals surface area contributed by atoms with Gasteiger partial charge in [0.1, 0.15) is 50.7 Å². The maximum absolute atomic E-state index is 13.1. The summed E-state index contributed by atoms with van der Waals surface area (Å²) >= 11 is 2.85. The van der Waals surface area contributed by atoms with Gasteiger partial charge >= 0.3 is 23.9 Å². The van der Waals surface area contributed by atoms with Crippen LogP contribution in [0.4, 0.5) is 0 Å². The molecule has 0 aliphatic heterocycles. The Labute approximate surface area is 407 Å². The molecular formula is C44H78N4O15S2Si2. The Morgan fingerprint density at radius 1 is 0.567 bits per heavy atom. The summed E-state index contributed by atoms with van der Waals surface area (Å²) in [5, 5.41) is 31.1. The van der Waals surface area contributed by atoms with E-state index in [9.17, 15) is 48.6 Å². The van der Waals surface area contributed by atoms with Crippen molar-refractivity contribution >= 4 is 87.7 Å². The lowest BCUT2D eigenvalue weighted by molar-refractivity contribution is -0.154. The highest BCUT2D eigenvalue weighted by atomic mass is 32.2. The molecule has 6 atom stereocenters. The minimum absolute atomic E-state index is 0.188. The molecule has 0 aromatic rings. The molecule has 0 saturated heterocycles. The first-order chi connectivity index (χ1) is 31.2. The third kappa shape index (κ3) is 31.8. The Balaban J connectivity index is 4.68. The first-order valence-corrected chi connectivity index (χ1v) is 31.0. The number of nitrogens with one attached hydrogen (secondary N) is 4. The van der Waals surface area contributed by atoms with Crippen LogP contribution in [0.1, 0.15) is 67.2 Å². The molecule has 0 spiro atoms. The van der Waals surface area contributed by atoms with Gasteiger partial charge in [0.15, 0.2) is 16.6 Å². The molecular weight excluding hydrogens is 945 g/mol. The Morgan fingerprint density at radius 2 is 0.896 bits per heavy atom. The first kappa shape index (κ1) is 63.3. The van der Waals surface area contributed by atoms with E-state index in [1.54, 1.807) is 13.8 Å². The normalized spacial score (nSPS) is 14.1. The Kier molecular flexibility index (Phi) is 31.8. The monoisotopic (exact) mass is 1020 g/mol. The van der Waals surface area contributed by atoms with Gasteiger partial charge in [-0.25, -0.2) is 9.59 Å². The van der Waals surface area contributed by atoms with Crippen LogP contribution >= 0.6 is 23.5 Å². The molecule has 0 aromatic heterocycles. The minimum atomic E-state index is -2.14. The highest BCUT2D eigenvalue weighted by molar-refractivity contribution is 7.99. The summed E-state index contributed by atoms with van der Waals surface area (Å²) < 4.78 is 26.7. The largest absolute Gasteiger partial charge is 0.463 e. The number of carbonyl (C=O) groups is 8. The number of carbonyl (C=O) groups excluding carboxylic acids is 8. The van der Waals surface area contributed by atoms with Crippen LogP contribution in [0, 0.1) is 11.8 Å². The Bertz CT molecular complexity index is 1540. The quantitative estimate of drug-likeness (QED) is 0.0173. The van der Waals surface area contributed by atoms with Crippen LogP contribution in [0.15, 0.2) is 24.3 Å². The van der Waals surface area contributed by atoms with Crippen molar-refractivity contribution < 1.29 is 71.6 Å². The minimum Gasteiger partial charge on any atom is -0.463 e. The zero-order chi connectivity index (χ0) is 51.3. The van der Waals surface area contributed by atoms with E-state index in [0.29, 0.717) is 61.8 Å². The second-order valence-corrected chi connectivity index (χ2v) is 28.9. The molecule has 0 saturated carbocycles. The average Bonchev–Trinajstić information content (AvgIpc) is 3.23. The van der Waals surface area contributed by atoms with Crippen molar-refractivity contribution in [3.05, 3.63) is 24.3 Å². The standard InChI is InChI=1S/C44H78N4O15S2Si2/c1-29(2)41(55)59-23-35(51)25-61-43(57)31(5)27-64-19-15-37(47-33(7)49)39(53)45-17-13-21-66(9,10)63-67(11,12)22-14-18-46-40(54)38(48-34(8)50)16-20-65-28-32(6)44(58)62-26-36(52)24-60-42(56)30(3)4/h31-32,35-38,51-52H,1,3,13-28H2,2,4-12H3,(H,45,53)(H,46,54)(H,47,49)(H,48,50). The fourth-order valence-electron chi connectivity index (χ4n) is 5.96. The Hall–Kier alpha value is -3.75. The summed E-state index contributed by atoms with van der Waals surface area (Å²) in [7, 11) is -4.28. The van der Waals surface area contributed by atoms with Gasteiger partial charge in [-0.15, -0.1) is 0 Å². The number of rotatable bonds is 36. The van der Waals surface area contributed by atoms with E-state index < -0.39 is 76.6 Å². The fourth-order valence-corrected chi connectivity index (χ4v) is 16.9. The number of thioether (sulfide) groups is 2. The molecule has 0 heterocycles. The second-order valence-electron chi connectivity index (χ2n) is 17.8. The SMILES string of the molecule is C=C(C)C(=O)OCC(O)COC(=O)C(C)CSCCC(NC(C)=O)C(=O)NCCC[Si](C)(C)O[Si](C)(C)CCCNC(=O)C(CCSCC(C)C(=O)OCC(O)COC(=O)C(=C)C)NC(C)=O. The van der Waals surface area contributed by atoms with Gasteiger partial charge in [0.05, 0.1) is 11.8 Å². The molecule has 6 N–H and O–H groups in total. The predicted octanol–water partition coefficient (Wildman–Crippen LogP) is 3.00. The van der Waals surface area contributed by atoms with Crippen molar-refractivity contribution in [3.63, 3.8) is 0 Å². The van der Waals surface area contributed by atoms with Gasteiger partial charge in [-0.05, 0) is 89.3 Å². The number of aliphatic hydroxyl groups is 2. The van der Waals surface area contributed by atoms with Crippen LogP contribution in [-0.4, -0.2) is 161 Å². The van der Waals surface area contributed by atoms with Crippen LogP contribution in [-0.2, 0) is 61.4 Å². The van der Waals surface area contributed by atoms with E-state index in [0.717, 1.165) is 12.1 Å². The molecule has 4 amide bonds. The topological polar surface area (TPSA) is 271 Å². The molecule has 0 bridgehead atoms. The van der Waals surface area contributed by atoms with Crippen molar-refractivity contribution in [3.8, 4) is 0 Å². The number of aliphatic hydroxyl groups excluding tert-OH is 2. The van der Waals surface area contributed by atoms with E-state index in [1.807, 2.05) is 0 Å². The molecule has 0 radical (unpaired) electrons. The van der Waals surface area contributed by atoms with E-state index in [1.165, 1.54) is 51.2 Å². The molecule has 23 heteroatoms. The van der Waals surface area contributed by atoms with Gasteiger partial charge in [-0.3, -0.25) is 28.8 Å². The van der Waals surface area contributed by atoms with Gasteiger partial charge in [-0.2, -0.15) is 23.5 Å². The van der Waals surface area contributed by atoms with Crippen LogP contribution < -0.4 is 21.3 Å². The number of hydrogen-bond donors (Lipinski definition) is 6. The summed E-state index contributed by atoms with van der Waals surface area (Å²) in [6.45, 7) is 24.0. The molecule has 19 nitrogen and oxygen atoms in total. The first-order valence-electron chi connectivity index (χ1n) is 22.5.